The van der Waals surface area contributed by atoms with Crippen LogP contribution in [0.5, 0.6) is 0 Å². The molecule has 0 bridgehead atoms. The highest BCUT2D eigenvalue weighted by molar-refractivity contribution is 6.10. The molecular formula is C13H10N2O2. The third kappa shape index (κ3) is 2.36. The van der Waals surface area contributed by atoms with Crippen LogP contribution >= 0.6 is 0 Å². The van der Waals surface area contributed by atoms with Crippen molar-refractivity contribution in [3.63, 3.8) is 0 Å². The van der Waals surface area contributed by atoms with Crippen LogP contribution in [0.25, 0.3) is 0 Å². The summed E-state index contributed by atoms with van der Waals surface area (Å²) >= 11 is 0. The van der Waals surface area contributed by atoms with Crippen molar-refractivity contribution in [3.05, 3.63) is 75.8 Å². The zero-order valence-electron chi connectivity index (χ0n) is 8.96. The maximum Gasteiger partial charge on any atom is 0.269 e. The van der Waals surface area contributed by atoms with E-state index < -0.39 is 4.92 Å². The Morgan fingerprint density at radius 1 is 0.941 bits per heavy atom. The van der Waals surface area contributed by atoms with Crippen LogP contribution in [0.15, 0.2) is 54.6 Å². The lowest BCUT2D eigenvalue weighted by Gasteiger charge is -2.03. The van der Waals surface area contributed by atoms with Crippen LogP contribution < -0.4 is 0 Å². The maximum absolute atomic E-state index is 10.5. The number of non-ortho nitro benzene ring substituents is 1. The first-order valence-corrected chi connectivity index (χ1v) is 5.07. The molecule has 0 heterocycles. The van der Waals surface area contributed by atoms with Gasteiger partial charge in [0, 0.05) is 17.7 Å². The SMILES string of the molecule is N=C(c1ccccc1)c1ccc([N+](=O)[O-])cc1. The molecule has 2 rings (SSSR count). The van der Waals surface area contributed by atoms with Gasteiger partial charge in [-0.3, -0.25) is 15.5 Å². The minimum Gasteiger partial charge on any atom is -0.300 e. The summed E-state index contributed by atoms with van der Waals surface area (Å²) < 4.78 is 0. The quantitative estimate of drug-likeness (QED) is 0.496. The Balaban J connectivity index is 2.30. The molecule has 0 saturated carbocycles. The van der Waals surface area contributed by atoms with Crippen LogP contribution in [0.1, 0.15) is 11.1 Å². The van der Waals surface area contributed by atoms with Crippen molar-refractivity contribution in [1.82, 2.24) is 0 Å². The molecule has 0 radical (unpaired) electrons. The van der Waals surface area contributed by atoms with E-state index in [4.69, 9.17) is 5.41 Å². The van der Waals surface area contributed by atoms with Crippen LogP contribution in [0, 0.1) is 15.5 Å². The summed E-state index contributed by atoms with van der Waals surface area (Å²) in [6.45, 7) is 0. The van der Waals surface area contributed by atoms with Gasteiger partial charge < -0.3 is 0 Å². The van der Waals surface area contributed by atoms with Gasteiger partial charge in [-0.05, 0) is 17.7 Å². The molecule has 0 aliphatic heterocycles. The van der Waals surface area contributed by atoms with E-state index in [9.17, 15) is 10.1 Å². The molecule has 0 amide bonds. The van der Waals surface area contributed by atoms with Crippen molar-refractivity contribution in [3.8, 4) is 0 Å². The minimum atomic E-state index is -0.448. The normalized spacial score (nSPS) is 9.88. The van der Waals surface area contributed by atoms with Gasteiger partial charge in [-0.25, -0.2) is 0 Å². The van der Waals surface area contributed by atoms with Crippen molar-refractivity contribution in [2.45, 2.75) is 0 Å². The number of nitro benzene ring substituents is 1. The summed E-state index contributed by atoms with van der Waals surface area (Å²) in [6.07, 6.45) is 0. The van der Waals surface area contributed by atoms with Gasteiger partial charge in [0.15, 0.2) is 0 Å². The number of benzene rings is 2. The first kappa shape index (κ1) is 11.0. The standard InChI is InChI=1S/C13H10N2O2/c14-13(10-4-2-1-3-5-10)11-6-8-12(9-7-11)15(16)17/h1-9,14H. The Kier molecular flexibility index (Phi) is 2.96. The second-order valence-corrected chi connectivity index (χ2v) is 3.55. The van der Waals surface area contributed by atoms with Crippen molar-refractivity contribution in [1.29, 1.82) is 5.41 Å². The smallest absolute Gasteiger partial charge is 0.269 e. The maximum atomic E-state index is 10.5. The van der Waals surface area contributed by atoms with E-state index in [1.54, 1.807) is 12.1 Å². The number of hydrogen-bond donors (Lipinski definition) is 1. The Labute approximate surface area is 98.2 Å². The highest BCUT2D eigenvalue weighted by atomic mass is 16.6. The fourth-order valence-corrected chi connectivity index (χ4v) is 1.52. The summed E-state index contributed by atoms with van der Waals surface area (Å²) in [5.74, 6) is 0. The second-order valence-electron chi connectivity index (χ2n) is 3.55. The predicted molar refractivity (Wildman–Crippen MR) is 65.5 cm³/mol. The predicted octanol–water partition coefficient (Wildman–Crippen LogP) is 3.01. The molecule has 0 spiro atoms. The van der Waals surface area contributed by atoms with E-state index >= 15 is 0 Å². The van der Waals surface area contributed by atoms with Crippen LogP contribution in [0.4, 0.5) is 5.69 Å². The highest BCUT2D eigenvalue weighted by Crippen LogP contribution is 2.15. The zero-order valence-corrected chi connectivity index (χ0v) is 8.96. The lowest BCUT2D eigenvalue weighted by Crippen LogP contribution is -2.00. The molecule has 0 saturated heterocycles. The first-order chi connectivity index (χ1) is 8.18. The van der Waals surface area contributed by atoms with Gasteiger partial charge in [0.25, 0.3) is 5.69 Å². The zero-order chi connectivity index (χ0) is 12.3. The molecule has 0 atom stereocenters. The molecule has 2 aromatic carbocycles. The van der Waals surface area contributed by atoms with Gasteiger partial charge in [0.2, 0.25) is 0 Å². The Bertz CT molecular complexity index is 547. The van der Waals surface area contributed by atoms with E-state index in [2.05, 4.69) is 0 Å². The summed E-state index contributed by atoms with van der Waals surface area (Å²) in [6, 6.07) is 15.3. The van der Waals surface area contributed by atoms with Gasteiger partial charge in [0.05, 0.1) is 10.6 Å². The molecule has 0 fully saturated rings. The number of rotatable bonds is 3. The van der Waals surface area contributed by atoms with Gasteiger partial charge in [-0.2, -0.15) is 0 Å². The van der Waals surface area contributed by atoms with Crippen LogP contribution in [0.3, 0.4) is 0 Å². The number of hydrogen-bond acceptors (Lipinski definition) is 3. The van der Waals surface area contributed by atoms with E-state index in [1.807, 2.05) is 30.3 Å². The third-order valence-corrected chi connectivity index (χ3v) is 2.43. The Hall–Kier alpha value is -2.49. The number of nitrogens with one attached hydrogen (secondary N) is 1. The van der Waals surface area contributed by atoms with Crippen molar-refractivity contribution < 1.29 is 4.92 Å². The summed E-state index contributed by atoms with van der Waals surface area (Å²) in [7, 11) is 0. The van der Waals surface area contributed by atoms with Crippen molar-refractivity contribution in [2.24, 2.45) is 0 Å². The molecule has 17 heavy (non-hydrogen) atoms. The van der Waals surface area contributed by atoms with Crippen molar-refractivity contribution >= 4 is 11.4 Å². The lowest BCUT2D eigenvalue weighted by molar-refractivity contribution is -0.384. The van der Waals surface area contributed by atoms with Gasteiger partial charge in [-0.15, -0.1) is 0 Å². The summed E-state index contributed by atoms with van der Waals surface area (Å²) in [5.41, 5.74) is 1.86. The average Bonchev–Trinajstić information content (AvgIpc) is 2.39. The molecule has 0 aliphatic rings. The second kappa shape index (κ2) is 4.57. The molecule has 4 nitrogen and oxygen atoms in total. The van der Waals surface area contributed by atoms with Crippen LogP contribution in [-0.2, 0) is 0 Å². The highest BCUT2D eigenvalue weighted by Gasteiger charge is 2.07. The Morgan fingerprint density at radius 2 is 1.47 bits per heavy atom. The third-order valence-electron chi connectivity index (χ3n) is 2.43. The summed E-state index contributed by atoms with van der Waals surface area (Å²) in [5, 5.41) is 18.5. The average molecular weight is 226 g/mol. The fraction of sp³-hybridized carbons (Fsp3) is 0. The van der Waals surface area contributed by atoms with E-state index in [1.165, 1.54) is 12.1 Å². The largest absolute Gasteiger partial charge is 0.300 e. The Morgan fingerprint density at radius 3 is 2.00 bits per heavy atom. The fourth-order valence-electron chi connectivity index (χ4n) is 1.52. The summed E-state index contributed by atoms with van der Waals surface area (Å²) in [4.78, 5) is 10.1. The van der Waals surface area contributed by atoms with E-state index in [0.29, 0.717) is 11.3 Å². The number of nitro groups is 1. The molecule has 1 N–H and O–H groups in total. The van der Waals surface area contributed by atoms with Gasteiger partial charge in [0.1, 0.15) is 0 Å². The molecule has 0 aliphatic carbocycles. The first-order valence-electron chi connectivity index (χ1n) is 5.07. The van der Waals surface area contributed by atoms with Crippen molar-refractivity contribution in [2.75, 3.05) is 0 Å². The topological polar surface area (TPSA) is 67.0 Å². The van der Waals surface area contributed by atoms with Gasteiger partial charge >= 0.3 is 0 Å². The monoisotopic (exact) mass is 226 g/mol. The molecule has 0 aromatic heterocycles. The van der Waals surface area contributed by atoms with E-state index in [-0.39, 0.29) is 5.69 Å². The molecule has 2 aromatic rings. The molecular weight excluding hydrogens is 216 g/mol. The molecule has 84 valence electrons. The minimum absolute atomic E-state index is 0.0367. The van der Waals surface area contributed by atoms with Gasteiger partial charge in [-0.1, -0.05) is 30.3 Å². The van der Waals surface area contributed by atoms with E-state index in [0.717, 1.165) is 5.56 Å². The van der Waals surface area contributed by atoms with Crippen LogP contribution in [-0.4, -0.2) is 10.6 Å². The number of nitrogens with zero attached hydrogens (tertiary/aromatic N) is 1. The lowest BCUT2D eigenvalue weighted by atomic mass is 10.0. The molecule has 0 unspecified atom stereocenters. The van der Waals surface area contributed by atoms with Crippen LogP contribution in [0.2, 0.25) is 0 Å². The molecule has 4 heteroatoms.